The lowest BCUT2D eigenvalue weighted by Crippen LogP contribution is -2.42. The van der Waals surface area contributed by atoms with Crippen molar-refractivity contribution in [3.8, 4) is 16.9 Å². The fourth-order valence-electron chi connectivity index (χ4n) is 4.57. The highest BCUT2D eigenvalue weighted by Gasteiger charge is 2.51. The number of hydrogen-bond donors (Lipinski definition) is 2. The fraction of sp³-hybridized carbons (Fsp3) is 0.375. The molecular formula is C24H21ClF3N5O3S. The number of thiazole rings is 1. The highest BCUT2D eigenvalue weighted by Crippen LogP contribution is 2.47. The molecule has 1 aliphatic carbocycles. The molecule has 1 atom stereocenters. The molecule has 0 radical (unpaired) electrons. The molecule has 0 aromatic carbocycles. The van der Waals surface area contributed by atoms with Gasteiger partial charge < -0.3 is 4.74 Å². The highest BCUT2D eigenvalue weighted by molar-refractivity contribution is 7.16. The Kier molecular flexibility index (Phi) is 6.67. The Morgan fingerprint density at radius 1 is 1.19 bits per heavy atom. The first-order chi connectivity index (χ1) is 17.5. The smallest absolute Gasteiger partial charge is 0.391 e. The van der Waals surface area contributed by atoms with Gasteiger partial charge in [-0.3, -0.25) is 25.2 Å². The molecule has 3 aromatic heterocycles. The van der Waals surface area contributed by atoms with Crippen LogP contribution in [0.15, 0.2) is 24.5 Å². The van der Waals surface area contributed by atoms with E-state index in [-0.39, 0.29) is 34.5 Å². The van der Waals surface area contributed by atoms with Gasteiger partial charge in [-0.2, -0.15) is 13.2 Å². The molecule has 1 aliphatic heterocycles. The van der Waals surface area contributed by atoms with E-state index < -0.39 is 30.0 Å². The number of amides is 1. The molecule has 37 heavy (non-hydrogen) atoms. The maximum Gasteiger partial charge on any atom is 0.391 e. The van der Waals surface area contributed by atoms with E-state index in [9.17, 15) is 22.8 Å². The number of carbonyl (C=O) groups excluding carboxylic acids is 2. The van der Waals surface area contributed by atoms with Crippen molar-refractivity contribution in [1.82, 2.24) is 20.3 Å². The second kappa shape index (κ2) is 9.66. The van der Waals surface area contributed by atoms with Crippen LogP contribution in [0, 0.1) is 18.8 Å². The Bertz CT molecular complexity index is 1390. The van der Waals surface area contributed by atoms with E-state index in [0.717, 1.165) is 4.88 Å². The summed E-state index contributed by atoms with van der Waals surface area (Å²) in [6.45, 7) is 2.13. The number of aromatic nitrogens is 3. The monoisotopic (exact) mass is 551 g/mol. The summed E-state index contributed by atoms with van der Waals surface area (Å²) in [5, 5.41) is 6.30. The van der Waals surface area contributed by atoms with Gasteiger partial charge in [0.25, 0.3) is 5.91 Å². The van der Waals surface area contributed by atoms with Crippen LogP contribution in [-0.4, -0.2) is 39.9 Å². The van der Waals surface area contributed by atoms with Crippen LogP contribution in [0.1, 0.15) is 45.5 Å². The van der Waals surface area contributed by atoms with Crippen LogP contribution in [0.25, 0.3) is 11.1 Å². The lowest BCUT2D eigenvalue weighted by Gasteiger charge is -2.36. The summed E-state index contributed by atoms with van der Waals surface area (Å²) in [4.78, 5) is 39.6. The largest absolute Gasteiger partial charge is 0.494 e. The number of carbonyl (C=O) groups is 2. The minimum Gasteiger partial charge on any atom is -0.494 e. The van der Waals surface area contributed by atoms with Gasteiger partial charge in [-0.05, 0) is 31.9 Å². The Morgan fingerprint density at radius 3 is 2.65 bits per heavy atom. The molecule has 0 spiro atoms. The van der Waals surface area contributed by atoms with Crippen molar-refractivity contribution in [3.63, 3.8) is 0 Å². The summed E-state index contributed by atoms with van der Waals surface area (Å²) in [6, 6.07) is 2.54. The second-order valence-electron chi connectivity index (χ2n) is 8.98. The lowest BCUT2D eigenvalue weighted by molar-refractivity contribution is -0.204. The van der Waals surface area contributed by atoms with Gasteiger partial charge in [-0.15, -0.1) is 0 Å². The van der Waals surface area contributed by atoms with Gasteiger partial charge >= 0.3 is 6.18 Å². The zero-order chi connectivity index (χ0) is 26.5. The molecule has 8 nitrogen and oxygen atoms in total. The number of aryl methyl sites for hydroxylation is 1. The predicted molar refractivity (Wildman–Crippen MR) is 131 cm³/mol. The zero-order valence-electron chi connectivity index (χ0n) is 19.6. The molecule has 1 unspecified atom stereocenters. The number of hydrogen-bond acceptors (Lipinski definition) is 8. The van der Waals surface area contributed by atoms with Gasteiger partial charge in [-0.1, -0.05) is 22.9 Å². The van der Waals surface area contributed by atoms with Crippen LogP contribution in [0.3, 0.4) is 0 Å². The molecule has 13 heteroatoms. The molecule has 0 saturated heterocycles. The quantitative estimate of drug-likeness (QED) is 0.409. The third-order valence-electron chi connectivity index (χ3n) is 6.61. The Hall–Kier alpha value is -3.09. The standard InChI is InChI=1S/C24H21ClF3N5O3S/c1-10-3-13(14-6-18(25)30-8-16(14)36-2)15(7-29-10)22(35)33-23-32-19-17(37-23)9-31-20(19)21(34)11-4-12(5-11)24(26,27)28/h3,6-8,11-12,20,31H,4-5,9H2,1-2H3,(H,32,33,35). The van der Waals surface area contributed by atoms with E-state index in [0.29, 0.717) is 34.8 Å². The number of rotatable bonds is 6. The summed E-state index contributed by atoms with van der Waals surface area (Å²) in [7, 11) is 1.48. The number of ketones is 1. The third kappa shape index (κ3) is 4.92. The van der Waals surface area contributed by atoms with Gasteiger partial charge in [0, 0.05) is 40.4 Å². The number of alkyl halides is 3. The highest BCUT2D eigenvalue weighted by atomic mass is 35.5. The molecule has 1 fully saturated rings. The van der Waals surface area contributed by atoms with Crippen LogP contribution >= 0.6 is 22.9 Å². The van der Waals surface area contributed by atoms with Crippen molar-refractivity contribution < 1.29 is 27.5 Å². The van der Waals surface area contributed by atoms with Gasteiger partial charge in [0.1, 0.15) is 16.9 Å². The molecule has 5 rings (SSSR count). The van der Waals surface area contributed by atoms with Crippen molar-refractivity contribution in [1.29, 1.82) is 0 Å². The number of fused-ring (bicyclic) bond motifs is 1. The van der Waals surface area contributed by atoms with Crippen LogP contribution in [0.5, 0.6) is 5.75 Å². The minimum absolute atomic E-state index is 0.199. The third-order valence-corrected chi connectivity index (χ3v) is 7.80. The molecule has 2 aliphatic rings. The second-order valence-corrected chi connectivity index (χ2v) is 10.5. The topological polar surface area (TPSA) is 106 Å². The summed E-state index contributed by atoms with van der Waals surface area (Å²) in [5.74, 6) is -2.44. The Labute approximate surface area is 218 Å². The number of anilines is 1. The van der Waals surface area contributed by atoms with Gasteiger partial charge in [0.05, 0.1) is 30.5 Å². The van der Waals surface area contributed by atoms with Crippen LogP contribution in [-0.2, 0) is 11.3 Å². The number of pyridine rings is 2. The first-order valence-corrected chi connectivity index (χ1v) is 12.6. The number of halogens is 4. The van der Waals surface area contributed by atoms with Crippen molar-refractivity contribution in [3.05, 3.63) is 51.5 Å². The van der Waals surface area contributed by atoms with Gasteiger partial charge in [0.2, 0.25) is 0 Å². The number of methoxy groups -OCH3 is 1. The van der Waals surface area contributed by atoms with E-state index in [1.807, 2.05) is 0 Å². The van der Waals surface area contributed by atoms with E-state index in [4.69, 9.17) is 16.3 Å². The summed E-state index contributed by atoms with van der Waals surface area (Å²) < 4.78 is 43.9. The van der Waals surface area contributed by atoms with Crippen molar-refractivity contribution >= 4 is 39.8 Å². The molecular weight excluding hydrogens is 531 g/mol. The summed E-state index contributed by atoms with van der Waals surface area (Å²) in [5.41, 5.74) is 2.47. The molecule has 1 saturated carbocycles. The predicted octanol–water partition coefficient (Wildman–Crippen LogP) is 5.12. The van der Waals surface area contributed by atoms with E-state index in [1.165, 1.54) is 30.8 Å². The van der Waals surface area contributed by atoms with Crippen molar-refractivity contribution in [2.24, 2.45) is 11.8 Å². The molecule has 3 aromatic rings. The molecule has 1 amide bonds. The maximum absolute atomic E-state index is 13.3. The van der Waals surface area contributed by atoms with E-state index >= 15 is 0 Å². The van der Waals surface area contributed by atoms with E-state index in [1.54, 1.807) is 19.1 Å². The molecule has 4 heterocycles. The average molecular weight is 552 g/mol. The Balaban J connectivity index is 1.36. The molecule has 0 bridgehead atoms. The lowest BCUT2D eigenvalue weighted by atomic mass is 9.71. The van der Waals surface area contributed by atoms with Gasteiger partial charge in [0.15, 0.2) is 10.9 Å². The van der Waals surface area contributed by atoms with Crippen LogP contribution < -0.4 is 15.4 Å². The van der Waals surface area contributed by atoms with Crippen LogP contribution in [0.4, 0.5) is 18.3 Å². The first kappa shape index (κ1) is 25.6. The summed E-state index contributed by atoms with van der Waals surface area (Å²) in [6.07, 6.45) is -1.77. The maximum atomic E-state index is 13.3. The van der Waals surface area contributed by atoms with Crippen molar-refractivity contribution in [2.45, 2.75) is 38.5 Å². The Morgan fingerprint density at radius 2 is 1.95 bits per heavy atom. The first-order valence-electron chi connectivity index (χ1n) is 11.4. The molecule has 194 valence electrons. The fourth-order valence-corrected chi connectivity index (χ4v) is 5.67. The average Bonchev–Trinajstić information content (AvgIpc) is 3.37. The van der Waals surface area contributed by atoms with E-state index in [2.05, 4.69) is 25.6 Å². The number of nitrogens with one attached hydrogen (secondary N) is 2. The van der Waals surface area contributed by atoms with Crippen molar-refractivity contribution in [2.75, 3.05) is 12.4 Å². The minimum atomic E-state index is -4.28. The molecule has 2 N–H and O–H groups in total. The number of nitrogens with zero attached hydrogens (tertiary/aromatic N) is 3. The summed E-state index contributed by atoms with van der Waals surface area (Å²) >= 11 is 7.30. The normalized spacial score (nSPS) is 20.8. The van der Waals surface area contributed by atoms with Crippen LogP contribution in [0.2, 0.25) is 5.15 Å². The zero-order valence-corrected chi connectivity index (χ0v) is 21.2. The number of ether oxygens (including phenoxy) is 1. The SMILES string of the molecule is COc1cnc(Cl)cc1-c1cc(C)ncc1C(=O)Nc1nc2c(s1)CNC2C(=O)C1CC(C(F)(F)F)C1. The number of Topliss-reactive ketones (excluding diaryl/α,β-unsaturated/α-hetero) is 1. The van der Waals surface area contributed by atoms with Gasteiger partial charge in [-0.25, -0.2) is 9.97 Å².